The Labute approximate surface area is 180 Å². The number of carbonyl (C=O) groups excluding carboxylic acids is 1. The summed E-state index contributed by atoms with van der Waals surface area (Å²) in [5, 5.41) is 9.18. The molecule has 2 atom stereocenters. The van der Waals surface area contributed by atoms with E-state index in [2.05, 4.69) is 52.5 Å². The monoisotopic (exact) mass is 415 g/mol. The zero-order valence-corrected chi connectivity index (χ0v) is 19.0. The minimum Gasteiger partial charge on any atom is -0.395 e. The summed E-state index contributed by atoms with van der Waals surface area (Å²) < 4.78 is 0. The number of nitrogens with zero attached hydrogens (tertiary/aromatic N) is 5. The Hall–Kier alpha value is -1.70. The lowest BCUT2D eigenvalue weighted by atomic mass is 9.48. The Morgan fingerprint density at radius 3 is 2.63 bits per heavy atom. The normalized spacial score (nSPS) is 28.5. The number of anilines is 1. The molecule has 3 fully saturated rings. The van der Waals surface area contributed by atoms with E-state index in [-0.39, 0.29) is 17.9 Å². The van der Waals surface area contributed by atoms with E-state index < -0.39 is 0 Å². The summed E-state index contributed by atoms with van der Waals surface area (Å²) in [6.07, 6.45) is 2.97. The van der Waals surface area contributed by atoms with Gasteiger partial charge in [-0.3, -0.25) is 9.69 Å². The molecule has 2 saturated heterocycles. The molecule has 0 radical (unpaired) electrons. The summed E-state index contributed by atoms with van der Waals surface area (Å²) in [6, 6.07) is 3.82. The smallest absolute Gasteiger partial charge is 0.257 e. The van der Waals surface area contributed by atoms with Crippen LogP contribution in [0.5, 0.6) is 0 Å². The second-order valence-corrected chi connectivity index (χ2v) is 10.4. The molecule has 0 bridgehead atoms. The van der Waals surface area contributed by atoms with Gasteiger partial charge in [0.05, 0.1) is 12.2 Å². The molecule has 0 unspecified atom stereocenters. The van der Waals surface area contributed by atoms with Crippen LogP contribution in [0.15, 0.2) is 18.3 Å². The molecule has 0 spiro atoms. The molecule has 4 rings (SSSR count). The zero-order valence-electron chi connectivity index (χ0n) is 19.0. The molecule has 7 heteroatoms. The van der Waals surface area contributed by atoms with Crippen molar-refractivity contribution in [3.63, 3.8) is 0 Å². The second kappa shape index (κ2) is 8.09. The van der Waals surface area contributed by atoms with Gasteiger partial charge < -0.3 is 19.8 Å². The van der Waals surface area contributed by atoms with Crippen LogP contribution in [0.2, 0.25) is 0 Å². The maximum Gasteiger partial charge on any atom is 0.257 e. The molecule has 30 heavy (non-hydrogen) atoms. The number of aliphatic hydroxyl groups is 1. The Morgan fingerprint density at radius 2 is 2.00 bits per heavy atom. The zero-order chi connectivity index (χ0) is 21.5. The van der Waals surface area contributed by atoms with Crippen LogP contribution in [-0.2, 0) is 0 Å². The third kappa shape index (κ3) is 3.83. The highest BCUT2D eigenvalue weighted by Gasteiger charge is 2.63. The number of piperazine rings is 1. The van der Waals surface area contributed by atoms with Crippen LogP contribution < -0.4 is 4.90 Å². The standard InChI is InChI=1S/C23H37N5O2/c1-22(2)15-23(16-25(3)4)17-28(14-19(22)23)21(30)18-6-5-7-24-20(18)27-10-8-26(9-11-27)12-13-29/h5-7,19,29H,8-17H2,1-4H3/t19-,23+/m1/s1. The van der Waals surface area contributed by atoms with Crippen LogP contribution in [0, 0.1) is 16.7 Å². The highest BCUT2D eigenvalue weighted by molar-refractivity contribution is 5.99. The highest BCUT2D eigenvalue weighted by atomic mass is 16.3. The van der Waals surface area contributed by atoms with Crippen LogP contribution in [0.3, 0.4) is 0 Å². The largest absolute Gasteiger partial charge is 0.395 e. The van der Waals surface area contributed by atoms with Gasteiger partial charge in [-0.15, -0.1) is 0 Å². The van der Waals surface area contributed by atoms with Crippen molar-refractivity contribution in [3.05, 3.63) is 23.9 Å². The van der Waals surface area contributed by atoms with Gasteiger partial charge in [0.15, 0.2) is 0 Å². The number of rotatable bonds is 6. The van der Waals surface area contributed by atoms with Gasteiger partial charge in [0, 0.05) is 64.0 Å². The van der Waals surface area contributed by atoms with E-state index in [9.17, 15) is 9.90 Å². The fraction of sp³-hybridized carbons (Fsp3) is 0.739. The topological polar surface area (TPSA) is 63.2 Å². The van der Waals surface area contributed by atoms with E-state index in [1.54, 1.807) is 6.20 Å². The van der Waals surface area contributed by atoms with Crippen molar-refractivity contribution in [1.29, 1.82) is 0 Å². The average Bonchev–Trinajstić information content (AvgIpc) is 3.02. The number of likely N-dealkylation sites (tertiary alicyclic amines) is 1. The lowest BCUT2D eigenvalue weighted by molar-refractivity contribution is -0.0789. The predicted molar refractivity (Wildman–Crippen MR) is 119 cm³/mol. The summed E-state index contributed by atoms with van der Waals surface area (Å²) >= 11 is 0. The lowest BCUT2D eigenvalue weighted by Crippen LogP contribution is -2.57. The number of aromatic nitrogens is 1. The van der Waals surface area contributed by atoms with Gasteiger partial charge in [-0.1, -0.05) is 13.8 Å². The number of pyridine rings is 1. The van der Waals surface area contributed by atoms with E-state index >= 15 is 0 Å². The average molecular weight is 416 g/mol. The quantitative estimate of drug-likeness (QED) is 0.755. The van der Waals surface area contributed by atoms with Crippen molar-refractivity contribution in [2.75, 3.05) is 78.0 Å². The summed E-state index contributed by atoms with van der Waals surface area (Å²) in [7, 11) is 4.27. The van der Waals surface area contributed by atoms with E-state index in [0.717, 1.165) is 57.2 Å². The second-order valence-electron chi connectivity index (χ2n) is 10.4. The number of hydrogen-bond acceptors (Lipinski definition) is 6. The highest BCUT2D eigenvalue weighted by Crippen LogP contribution is 2.63. The summed E-state index contributed by atoms with van der Waals surface area (Å²) in [5.41, 5.74) is 1.25. The lowest BCUT2D eigenvalue weighted by Gasteiger charge is -2.57. The van der Waals surface area contributed by atoms with Crippen molar-refractivity contribution in [1.82, 2.24) is 19.7 Å². The van der Waals surface area contributed by atoms with Crippen LogP contribution in [0.25, 0.3) is 0 Å². The fourth-order valence-corrected chi connectivity index (χ4v) is 6.44. The van der Waals surface area contributed by atoms with Crippen molar-refractivity contribution in [2.45, 2.75) is 20.3 Å². The molecule has 1 aromatic heterocycles. The number of aliphatic hydroxyl groups excluding tert-OH is 1. The maximum atomic E-state index is 13.6. The van der Waals surface area contributed by atoms with E-state index in [0.29, 0.717) is 17.9 Å². The number of fused-ring (bicyclic) bond motifs is 1. The van der Waals surface area contributed by atoms with Crippen LogP contribution in [-0.4, -0.2) is 104 Å². The minimum atomic E-state index is 0.124. The van der Waals surface area contributed by atoms with Crippen molar-refractivity contribution in [3.8, 4) is 0 Å². The van der Waals surface area contributed by atoms with Gasteiger partial charge in [-0.2, -0.15) is 0 Å². The molecule has 1 aliphatic carbocycles. The molecule has 7 nitrogen and oxygen atoms in total. The summed E-state index contributed by atoms with van der Waals surface area (Å²) in [4.78, 5) is 27.1. The van der Waals surface area contributed by atoms with E-state index in [4.69, 9.17) is 0 Å². The summed E-state index contributed by atoms with van der Waals surface area (Å²) in [5.74, 6) is 1.49. The van der Waals surface area contributed by atoms with E-state index in [1.165, 1.54) is 6.42 Å². The fourth-order valence-electron chi connectivity index (χ4n) is 6.44. The maximum absolute atomic E-state index is 13.6. The molecular weight excluding hydrogens is 378 g/mol. The Kier molecular flexibility index (Phi) is 5.81. The first kappa shape index (κ1) is 21.5. The van der Waals surface area contributed by atoms with Crippen molar-refractivity contribution < 1.29 is 9.90 Å². The Bertz CT molecular complexity index is 771. The first-order chi connectivity index (χ1) is 14.3. The molecule has 0 aromatic carbocycles. The predicted octanol–water partition coefficient (Wildman–Crippen LogP) is 1.25. The minimum absolute atomic E-state index is 0.124. The van der Waals surface area contributed by atoms with Crippen LogP contribution in [0.4, 0.5) is 5.82 Å². The Morgan fingerprint density at radius 1 is 1.27 bits per heavy atom. The van der Waals surface area contributed by atoms with Crippen molar-refractivity contribution >= 4 is 11.7 Å². The first-order valence-corrected chi connectivity index (χ1v) is 11.2. The third-order valence-corrected chi connectivity index (χ3v) is 7.42. The Balaban J connectivity index is 1.51. The molecule has 2 aliphatic heterocycles. The first-order valence-electron chi connectivity index (χ1n) is 11.2. The van der Waals surface area contributed by atoms with Gasteiger partial charge in [-0.25, -0.2) is 4.98 Å². The molecule has 3 aliphatic rings. The van der Waals surface area contributed by atoms with Gasteiger partial charge in [0.2, 0.25) is 0 Å². The molecule has 1 amide bonds. The van der Waals surface area contributed by atoms with Crippen molar-refractivity contribution in [2.24, 2.45) is 16.7 Å². The van der Waals surface area contributed by atoms with Gasteiger partial charge in [-0.05, 0) is 44.0 Å². The van der Waals surface area contributed by atoms with Gasteiger partial charge in [0.1, 0.15) is 5.82 Å². The molecule has 1 saturated carbocycles. The molecule has 3 heterocycles. The van der Waals surface area contributed by atoms with E-state index in [1.807, 2.05) is 12.1 Å². The summed E-state index contributed by atoms with van der Waals surface area (Å²) in [6.45, 7) is 11.8. The number of β-amino-alcohol motifs (C(OH)–C–C–N with tert-alkyl or cyclic N) is 1. The number of amides is 1. The number of hydrogen-bond donors (Lipinski definition) is 1. The third-order valence-electron chi connectivity index (χ3n) is 7.42. The molecule has 166 valence electrons. The molecule has 1 N–H and O–H groups in total. The van der Waals surface area contributed by atoms with Gasteiger partial charge >= 0.3 is 0 Å². The van der Waals surface area contributed by atoms with Crippen LogP contribution in [0.1, 0.15) is 30.6 Å². The SMILES string of the molecule is CN(C)C[C@@]12CN(C(=O)c3cccnc3N3CCN(CCO)CC3)C[C@@H]1C(C)(C)C2. The molecular formula is C23H37N5O2. The van der Waals surface area contributed by atoms with Gasteiger partial charge in [0.25, 0.3) is 5.91 Å². The number of carbonyl (C=O) groups is 1. The molecule has 1 aromatic rings. The van der Waals surface area contributed by atoms with Crippen LogP contribution >= 0.6 is 0 Å².